The summed E-state index contributed by atoms with van der Waals surface area (Å²) in [5.41, 5.74) is 1.10. The van der Waals surface area contributed by atoms with Gasteiger partial charge in [-0.05, 0) is 43.2 Å². The van der Waals surface area contributed by atoms with Gasteiger partial charge in [-0.15, -0.1) is 0 Å². The van der Waals surface area contributed by atoms with Crippen molar-refractivity contribution in [1.29, 1.82) is 0 Å². The molecule has 6 heteroatoms. The number of carboxylic acids is 1. The smallest absolute Gasteiger partial charge is 0.307 e. The zero-order valence-electron chi connectivity index (χ0n) is 15.1. The lowest BCUT2D eigenvalue weighted by molar-refractivity contribution is -0.153. The molecule has 2 saturated carbocycles. The molecule has 2 bridgehead atoms. The number of carboxylic acid groups (broad SMARTS) is 1. The molecule has 0 aromatic heterocycles. The van der Waals surface area contributed by atoms with E-state index in [-0.39, 0.29) is 23.7 Å². The Morgan fingerprint density at radius 2 is 1.77 bits per heavy atom. The number of ether oxygens (including phenoxy) is 1. The zero-order valence-corrected chi connectivity index (χ0v) is 15.1. The molecule has 1 aliphatic heterocycles. The van der Waals surface area contributed by atoms with Crippen LogP contribution in [0, 0.1) is 23.7 Å². The van der Waals surface area contributed by atoms with E-state index in [1.165, 1.54) is 0 Å². The van der Waals surface area contributed by atoms with Gasteiger partial charge in [0, 0.05) is 37.9 Å². The molecule has 0 spiro atoms. The summed E-state index contributed by atoms with van der Waals surface area (Å²) < 4.78 is 5.29. The lowest BCUT2D eigenvalue weighted by atomic mass is 9.78. The van der Waals surface area contributed by atoms with Crippen LogP contribution in [-0.2, 0) is 9.59 Å². The number of anilines is 1. The van der Waals surface area contributed by atoms with E-state index in [1.807, 2.05) is 23.1 Å². The van der Waals surface area contributed by atoms with Crippen LogP contribution in [-0.4, -0.2) is 55.2 Å². The van der Waals surface area contributed by atoms with Crippen molar-refractivity contribution in [1.82, 2.24) is 4.90 Å². The minimum Gasteiger partial charge on any atom is -0.497 e. The maximum atomic E-state index is 13.1. The zero-order chi connectivity index (χ0) is 18.3. The first-order valence-corrected chi connectivity index (χ1v) is 9.49. The summed E-state index contributed by atoms with van der Waals surface area (Å²) in [5.74, 6) is -0.213. The fourth-order valence-electron chi connectivity index (χ4n) is 5.21. The molecule has 140 valence electrons. The third-order valence-electron chi connectivity index (χ3n) is 6.50. The fraction of sp³-hybridized carbons (Fsp3) is 0.600. The summed E-state index contributed by atoms with van der Waals surface area (Å²) in [6.07, 6.45) is 2.89. The molecule has 0 radical (unpaired) electrons. The van der Waals surface area contributed by atoms with E-state index < -0.39 is 11.9 Å². The molecule has 4 atom stereocenters. The SMILES string of the molecule is COc1cccc(N2CCN(C(=O)[C@@H]3[C@H]4CC[C@@H](C4)[C@H]3C(=O)O)CC2)c1. The highest BCUT2D eigenvalue weighted by molar-refractivity contribution is 5.86. The van der Waals surface area contributed by atoms with Crippen molar-refractivity contribution in [3.05, 3.63) is 24.3 Å². The van der Waals surface area contributed by atoms with Crippen molar-refractivity contribution in [3.8, 4) is 5.75 Å². The van der Waals surface area contributed by atoms with Gasteiger partial charge < -0.3 is 19.6 Å². The number of methoxy groups -OCH3 is 1. The fourth-order valence-corrected chi connectivity index (χ4v) is 5.21. The topological polar surface area (TPSA) is 70.1 Å². The van der Waals surface area contributed by atoms with Crippen LogP contribution < -0.4 is 9.64 Å². The predicted octanol–water partition coefficient (Wildman–Crippen LogP) is 2.09. The lowest BCUT2D eigenvalue weighted by Crippen LogP contribution is -2.52. The normalized spacial score (nSPS) is 30.5. The van der Waals surface area contributed by atoms with Crippen molar-refractivity contribution >= 4 is 17.6 Å². The molecule has 3 aliphatic rings. The Morgan fingerprint density at radius 3 is 2.42 bits per heavy atom. The molecule has 26 heavy (non-hydrogen) atoms. The van der Waals surface area contributed by atoms with E-state index in [9.17, 15) is 14.7 Å². The first-order chi connectivity index (χ1) is 12.6. The number of piperazine rings is 1. The van der Waals surface area contributed by atoms with Gasteiger partial charge in [0.2, 0.25) is 5.91 Å². The number of fused-ring (bicyclic) bond motifs is 2. The van der Waals surface area contributed by atoms with Crippen LogP contribution in [0.3, 0.4) is 0 Å². The second kappa shape index (κ2) is 6.82. The third kappa shape index (κ3) is 2.91. The number of benzene rings is 1. The van der Waals surface area contributed by atoms with Crippen molar-refractivity contribution in [3.63, 3.8) is 0 Å². The number of hydrogen-bond acceptors (Lipinski definition) is 4. The summed E-state index contributed by atoms with van der Waals surface area (Å²) in [6, 6.07) is 7.95. The van der Waals surface area contributed by atoms with E-state index in [1.54, 1.807) is 7.11 Å². The average molecular weight is 358 g/mol. The Labute approximate surface area is 153 Å². The van der Waals surface area contributed by atoms with Gasteiger partial charge >= 0.3 is 5.97 Å². The van der Waals surface area contributed by atoms with Crippen LogP contribution in [0.15, 0.2) is 24.3 Å². The highest BCUT2D eigenvalue weighted by Crippen LogP contribution is 2.53. The Balaban J connectivity index is 1.41. The maximum Gasteiger partial charge on any atom is 0.307 e. The number of hydrogen-bond donors (Lipinski definition) is 1. The van der Waals surface area contributed by atoms with Crippen molar-refractivity contribution in [2.24, 2.45) is 23.7 Å². The summed E-state index contributed by atoms with van der Waals surface area (Å²) in [5, 5.41) is 9.60. The summed E-state index contributed by atoms with van der Waals surface area (Å²) >= 11 is 0. The van der Waals surface area contributed by atoms with Gasteiger partial charge in [0.1, 0.15) is 5.75 Å². The van der Waals surface area contributed by atoms with E-state index in [2.05, 4.69) is 11.0 Å². The molecule has 1 saturated heterocycles. The molecule has 6 nitrogen and oxygen atoms in total. The summed E-state index contributed by atoms with van der Waals surface area (Å²) in [7, 11) is 1.66. The van der Waals surface area contributed by atoms with Crippen LogP contribution >= 0.6 is 0 Å². The van der Waals surface area contributed by atoms with Gasteiger partial charge in [-0.1, -0.05) is 6.07 Å². The van der Waals surface area contributed by atoms with Crippen molar-refractivity contribution in [2.75, 3.05) is 38.2 Å². The van der Waals surface area contributed by atoms with Gasteiger partial charge in [0.15, 0.2) is 0 Å². The highest BCUT2D eigenvalue weighted by atomic mass is 16.5. The second-order valence-corrected chi connectivity index (χ2v) is 7.74. The van der Waals surface area contributed by atoms with Crippen molar-refractivity contribution in [2.45, 2.75) is 19.3 Å². The van der Waals surface area contributed by atoms with Crippen LogP contribution in [0.5, 0.6) is 5.75 Å². The largest absolute Gasteiger partial charge is 0.497 e. The number of nitrogens with zero attached hydrogens (tertiary/aromatic N) is 2. The van der Waals surface area contributed by atoms with Crippen LogP contribution in [0.1, 0.15) is 19.3 Å². The molecule has 3 fully saturated rings. The lowest BCUT2D eigenvalue weighted by Gasteiger charge is -2.39. The van der Waals surface area contributed by atoms with Gasteiger partial charge in [-0.2, -0.15) is 0 Å². The van der Waals surface area contributed by atoms with E-state index >= 15 is 0 Å². The minimum atomic E-state index is -0.787. The first-order valence-electron chi connectivity index (χ1n) is 9.49. The monoisotopic (exact) mass is 358 g/mol. The maximum absolute atomic E-state index is 13.1. The van der Waals surface area contributed by atoms with Gasteiger partial charge in [-0.3, -0.25) is 9.59 Å². The van der Waals surface area contributed by atoms with Crippen LogP contribution in [0.25, 0.3) is 0 Å². The number of amides is 1. The molecule has 1 aromatic carbocycles. The Bertz CT molecular complexity index is 699. The molecular weight excluding hydrogens is 332 g/mol. The number of carbonyl (C=O) groups excluding carboxylic acids is 1. The molecular formula is C20H26N2O4. The van der Waals surface area contributed by atoms with Gasteiger partial charge in [0.25, 0.3) is 0 Å². The van der Waals surface area contributed by atoms with Crippen LogP contribution in [0.4, 0.5) is 5.69 Å². The van der Waals surface area contributed by atoms with E-state index in [0.29, 0.717) is 13.1 Å². The van der Waals surface area contributed by atoms with E-state index in [4.69, 9.17) is 4.74 Å². The molecule has 1 heterocycles. The highest BCUT2D eigenvalue weighted by Gasteiger charge is 2.54. The molecule has 4 rings (SSSR count). The summed E-state index contributed by atoms with van der Waals surface area (Å²) in [6.45, 7) is 2.82. The van der Waals surface area contributed by atoms with Crippen LogP contribution in [0.2, 0.25) is 0 Å². The quantitative estimate of drug-likeness (QED) is 0.892. The third-order valence-corrected chi connectivity index (χ3v) is 6.50. The standard InChI is InChI=1S/C20H26N2O4/c1-26-16-4-2-3-15(12-16)21-7-9-22(10-8-21)19(23)17-13-5-6-14(11-13)18(17)20(24)25/h2-4,12-14,17-18H,5-11H2,1H3,(H,24,25)/t13-,14-,17+,18+/m0/s1. The summed E-state index contributed by atoms with van der Waals surface area (Å²) in [4.78, 5) is 28.9. The number of carbonyl (C=O) groups is 2. The predicted molar refractivity (Wildman–Crippen MR) is 97.2 cm³/mol. The first kappa shape index (κ1) is 17.2. The van der Waals surface area contributed by atoms with Gasteiger partial charge in [-0.25, -0.2) is 0 Å². The number of rotatable bonds is 4. The Kier molecular flexibility index (Phi) is 4.51. The molecule has 2 aliphatic carbocycles. The Hall–Kier alpha value is -2.24. The minimum absolute atomic E-state index is 0.0647. The van der Waals surface area contributed by atoms with Gasteiger partial charge in [0.05, 0.1) is 18.9 Å². The molecule has 0 unspecified atom stereocenters. The van der Waals surface area contributed by atoms with E-state index in [0.717, 1.165) is 43.8 Å². The molecule has 1 amide bonds. The Morgan fingerprint density at radius 1 is 1.08 bits per heavy atom. The molecule has 1 aromatic rings. The van der Waals surface area contributed by atoms with Crippen molar-refractivity contribution < 1.29 is 19.4 Å². The number of aliphatic carboxylic acids is 1. The molecule has 1 N–H and O–H groups in total. The average Bonchev–Trinajstić information content (AvgIpc) is 3.29. The second-order valence-electron chi connectivity index (χ2n) is 7.74.